The van der Waals surface area contributed by atoms with Gasteiger partial charge in [0.05, 0.1) is 23.3 Å². The molecule has 0 spiro atoms. The topological polar surface area (TPSA) is 104 Å². The molecule has 0 saturated heterocycles. The first-order valence-electron chi connectivity index (χ1n) is 12.4. The molecular weight excluding hydrogens is 392 g/mol. The minimum atomic E-state index is -1.26. The predicted molar refractivity (Wildman–Crippen MR) is 125 cm³/mol. The highest BCUT2D eigenvalue weighted by molar-refractivity contribution is 6.05. The molecule has 0 unspecified atom stereocenters. The van der Waals surface area contributed by atoms with Crippen LogP contribution in [0, 0.1) is 17.3 Å². The van der Waals surface area contributed by atoms with Crippen LogP contribution in [0.5, 0.6) is 0 Å². The highest BCUT2D eigenvalue weighted by Crippen LogP contribution is 2.45. The second kappa shape index (κ2) is 10.7. The van der Waals surface area contributed by atoms with Crippen LogP contribution in [-0.2, 0) is 9.59 Å². The Morgan fingerprint density at radius 2 is 1.16 bits per heavy atom. The second-order valence-corrected chi connectivity index (χ2v) is 10.4. The van der Waals surface area contributed by atoms with Gasteiger partial charge in [0.2, 0.25) is 11.8 Å². The average molecular weight is 441 g/mol. The van der Waals surface area contributed by atoms with Crippen molar-refractivity contribution in [2.24, 2.45) is 23.0 Å². The summed E-state index contributed by atoms with van der Waals surface area (Å²) in [6.07, 6.45) is 4.31. The Bertz CT molecular complexity index is 573. The van der Waals surface area contributed by atoms with Crippen molar-refractivity contribution in [1.82, 2.24) is 4.90 Å². The van der Waals surface area contributed by atoms with E-state index >= 15 is 0 Å². The summed E-state index contributed by atoms with van der Waals surface area (Å²) in [5, 5.41) is 23.4. The summed E-state index contributed by atoms with van der Waals surface area (Å²) < 4.78 is 0. The Balaban J connectivity index is 3.87. The molecule has 31 heavy (non-hydrogen) atoms. The fraction of sp³-hybridized carbons (Fsp3) is 0.920. The normalized spacial score (nSPS) is 19.0. The van der Waals surface area contributed by atoms with Gasteiger partial charge in [-0.05, 0) is 50.4 Å². The van der Waals surface area contributed by atoms with Gasteiger partial charge in [-0.2, -0.15) is 0 Å². The Morgan fingerprint density at radius 1 is 0.839 bits per heavy atom. The van der Waals surface area contributed by atoms with E-state index in [0.717, 1.165) is 12.8 Å². The number of carbonyl (C=O) groups excluding carboxylic acids is 2. The molecule has 0 aromatic rings. The molecule has 1 rings (SSSR count). The van der Waals surface area contributed by atoms with Gasteiger partial charge in [-0.3, -0.25) is 9.59 Å². The molecule has 1 aliphatic carbocycles. The van der Waals surface area contributed by atoms with E-state index in [4.69, 9.17) is 5.73 Å². The van der Waals surface area contributed by atoms with Gasteiger partial charge in [-0.25, -0.2) is 0 Å². The van der Waals surface area contributed by atoms with Gasteiger partial charge < -0.3 is 20.8 Å². The highest BCUT2D eigenvalue weighted by atomic mass is 16.3. The maximum absolute atomic E-state index is 14.4. The van der Waals surface area contributed by atoms with Crippen LogP contribution in [0.1, 0.15) is 107 Å². The largest absolute Gasteiger partial charge is 0.388 e. The lowest BCUT2D eigenvalue weighted by Crippen LogP contribution is -2.69. The molecule has 0 heterocycles. The standard InChI is InChI=1S/C25H48N2O4/c1-9-24(30,10-2)19(17(5)6)27(20(18(7)8)25(31,11-3)12-4)22(29)23(21(26)28)15-13-14-16-23/h17-20,30-31H,9-16H2,1-8H3,(H2,26,28)/t19-,20-/m1/s1. The Morgan fingerprint density at radius 3 is 1.39 bits per heavy atom. The molecule has 2 amide bonds. The lowest BCUT2D eigenvalue weighted by Gasteiger charge is -2.54. The van der Waals surface area contributed by atoms with Crippen molar-refractivity contribution in [3.05, 3.63) is 0 Å². The average Bonchev–Trinajstić information content (AvgIpc) is 3.23. The molecule has 0 radical (unpaired) electrons. The third kappa shape index (κ3) is 5.11. The maximum atomic E-state index is 14.4. The molecule has 4 N–H and O–H groups in total. The minimum Gasteiger partial charge on any atom is -0.388 e. The highest BCUT2D eigenvalue weighted by Gasteiger charge is 2.57. The zero-order chi connectivity index (χ0) is 24.2. The molecule has 0 aliphatic heterocycles. The quantitative estimate of drug-likeness (QED) is 0.399. The molecule has 6 heteroatoms. The molecular formula is C25H48N2O4. The molecule has 0 bridgehead atoms. The number of primary amides is 1. The number of nitrogens with zero attached hydrogens (tertiary/aromatic N) is 1. The van der Waals surface area contributed by atoms with Crippen molar-refractivity contribution in [3.8, 4) is 0 Å². The van der Waals surface area contributed by atoms with Gasteiger partial charge >= 0.3 is 0 Å². The van der Waals surface area contributed by atoms with Crippen LogP contribution in [0.3, 0.4) is 0 Å². The van der Waals surface area contributed by atoms with Crippen molar-refractivity contribution in [2.45, 2.75) is 130 Å². The smallest absolute Gasteiger partial charge is 0.238 e. The van der Waals surface area contributed by atoms with E-state index in [1.54, 1.807) is 4.90 Å². The van der Waals surface area contributed by atoms with Crippen LogP contribution in [0.25, 0.3) is 0 Å². The van der Waals surface area contributed by atoms with E-state index in [0.29, 0.717) is 38.5 Å². The number of carbonyl (C=O) groups is 2. The molecule has 2 atom stereocenters. The Hall–Kier alpha value is -1.14. The number of amides is 2. The SMILES string of the molecule is CCC(O)(CC)[C@@H](C(C)C)N(C(=O)C1(C(N)=O)CCCC1)[C@H](C(C)C)C(O)(CC)CC. The molecule has 0 aromatic carbocycles. The van der Waals surface area contributed by atoms with Crippen LogP contribution in [0.2, 0.25) is 0 Å². The second-order valence-electron chi connectivity index (χ2n) is 10.4. The number of nitrogens with two attached hydrogens (primary N) is 1. The number of hydrogen-bond acceptors (Lipinski definition) is 4. The third-order valence-electron chi connectivity index (χ3n) is 7.99. The van der Waals surface area contributed by atoms with Crippen molar-refractivity contribution in [1.29, 1.82) is 0 Å². The number of hydrogen-bond donors (Lipinski definition) is 3. The van der Waals surface area contributed by atoms with Crippen molar-refractivity contribution in [3.63, 3.8) is 0 Å². The van der Waals surface area contributed by atoms with Gasteiger partial charge in [0.25, 0.3) is 0 Å². The lowest BCUT2D eigenvalue weighted by atomic mass is 9.72. The van der Waals surface area contributed by atoms with Crippen molar-refractivity contribution < 1.29 is 19.8 Å². The summed E-state index contributed by atoms with van der Waals surface area (Å²) in [5.74, 6) is -1.03. The van der Waals surface area contributed by atoms with Crippen molar-refractivity contribution >= 4 is 11.8 Å². The molecule has 1 saturated carbocycles. The monoisotopic (exact) mass is 440 g/mol. The zero-order valence-electron chi connectivity index (χ0n) is 21.2. The molecule has 1 aliphatic rings. The first kappa shape index (κ1) is 27.9. The van der Waals surface area contributed by atoms with E-state index in [2.05, 4.69) is 0 Å². The first-order chi connectivity index (χ1) is 14.3. The van der Waals surface area contributed by atoms with E-state index in [-0.39, 0.29) is 17.7 Å². The minimum absolute atomic E-state index is 0.0700. The Kier molecular flexibility index (Phi) is 9.58. The molecule has 0 aromatic heterocycles. The fourth-order valence-corrected chi connectivity index (χ4v) is 5.95. The van der Waals surface area contributed by atoms with Crippen LogP contribution in [-0.4, -0.2) is 50.2 Å². The fourth-order valence-electron chi connectivity index (χ4n) is 5.95. The van der Waals surface area contributed by atoms with Crippen LogP contribution in [0.15, 0.2) is 0 Å². The van der Waals surface area contributed by atoms with Gasteiger partial charge in [0.15, 0.2) is 0 Å². The lowest BCUT2D eigenvalue weighted by molar-refractivity contribution is -0.179. The van der Waals surface area contributed by atoms with E-state index in [1.165, 1.54) is 0 Å². The zero-order valence-corrected chi connectivity index (χ0v) is 21.2. The van der Waals surface area contributed by atoms with Gasteiger partial charge in [-0.15, -0.1) is 0 Å². The molecule has 182 valence electrons. The summed E-state index contributed by atoms with van der Waals surface area (Å²) in [7, 11) is 0. The summed E-state index contributed by atoms with van der Waals surface area (Å²) in [4.78, 5) is 28.8. The first-order valence-corrected chi connectivity index (χ1v) is 12.4. The van der Waals surface area contributed by atoms with E-state index in [1.807, 2.05) is 55.4 Å². The summed E-state index contributed by atoms with van der Waals surface area (Å²) in [6.45, 7) is 15.7. The molecule has 6 nitrogen and oxygen atoms in total. The molecule has 1 fully saturated rings. The van der Waals surface area contributed by atoms with Crippen LogP contribution in [0.4, 0.5) is 0 Å². The van der Waals surface area contributed by atoms with E-state index < -0.39 is 34.6 Å². The summed E-state index contributed by atoms with van der Waals surface area (Å²) in [6, 6.07) is -1.08. The maximum Gasteiger partial charge on any atom is 0.238 e. The van der Waals surface area contributed by atoms with Gasteiger partial charge in [0, 0.05) is 0 Å². The van der Waals surface area contributed by atoms with Gasteiger partial charge in [0.1, 0.15) is 5.41 Å². The van der Waals surface area contributed by atoms with Crippen molar-refractivity contribution in [2.75, 3.05) is 0 Å². The predicted octanol–water partition coefficient (Wildman–Crippen LogP) is 4.01. The van der Waals surface area contributed by atoms with E-state index in [9.17, 15) is 19.8 Å². The summed E-state index contributed by atoms with van der Waals surface area (Å²) >= 11 is 0. The summed E-state index contributed by atoms with van der Waals surface area (Å²) in [5.41, 5.74) is 2.35. The number of rotatable bonds is 12. The Labute approximate surface area is 190 Å². The van der Waals surface area contributed by atoms with Crippen LogP contribution < -0.4 is 5.73 Å². The number of aliphatic hydroxyl groups is 2. The third-order valence-corrected chi connectivity index (χ3v) is 7.99. The van der Waals surface area contributed by atoms with Gasteiger partial charge in [-0.1, -0.05) is 68.2 Å². The van der Waals surface area contributed by atoms with Crippen LogP contribution >= 0.6 is 0 Å².